The molecule has 2 heterocycles. The summed E-state index contributed by atoms with van der Waals surface area (Å²) in [6.45, 7) is 3.86. The minimum absolute atomic E-state index is 0.0736. The average molecular weight is 1350 g/mol. The summed E-state index contributed by atoms with van der Waals surface area (Å²) in [6, 6.07) is 4.51. The van der Waals surface area contributed by atoms with Crippen LogP contribution in [0, 0.1) is 5.92 Å². The van der Waals surface area contributed by atoms with Crippen molar-refractivity contribution >= 4 is 94.5 Å². The fraction of sp³-hybridized carbons (Fsp3) is 0.587. The van der Waals surface area contributed by atoms with Gasteiger partial charge in [0, 0.05) is 45.3 Å². The number of nitrogens with two attached hydrogens (primary N) is 7. The number of hydrogen-bond acceptors (Lipinski definition) is 17. The molecule has 0 unspecified atom stereocenters. The van der Waals surface area contributed by atoms with E-state index < -0.39 is 169 Å². The lowest BCUT2D eigenvalue weighted by atomic mass is 10.0. The lowest BCUT2D eigenvalue weighted by Gasteiger charge is -2.32. The van der Waals surface area contributed by atoms with E-state index in [1.165, 1.54) is 21.6 Å². The van der Waals surface area contributed by atoms with Gasteiger partial charge in [0.15, 0.2) is 5.96 Å². The molecule has 0 spiro atoms. The first-order valence-corrected chi connectivity index (χ1v) is 33.6. The Bertz CT molecular complexity index is 2960. The van der Waals surface area contributed by atoms with E-state index in [0.29, 0.717) is 55.4 Å². The minimum Gasteiger partial charge on any atom is -0.370 e. The number of unbranched alkanes of at least 4 members (excludes halogenated alkanes) is 1. The third-order valence-electron chi connectivity index (χ3n) is 16.0. The van der Waals surface area contributed by atoms with Gasteiger partial charge in [0.1, 0.15) is 54.4 Å². The monoisotopic (exact) mass is 1350 g/mol. The predicted octanol–water partition coefficient (Wildman–Crippen LogP) is -3.71. The zero-order valence-corrected chi connectivity index (χ0v) is 55.3. The number of rotatable bonds is 42. The van der Waals surface area contributed by atoms with Crippen LogP contribution < -0.4 is 82.7 Å². The first kappa shape index (κ1) is 78.5. The minimum atomic E-state index is -1.64. The van der Waals surface area contributed by atoms with E-state index in [1.807, 2.05) is 20.1 Å². The van der Waals surface area contributed by atoms with Gasteiger partial charge in [0.05, 0.1) is 12.6 Å². The van der Waals surface area contributed by atoms with Crippen LogP contribution in [0.2, 0.25) is 0 Å². The zero-order chi connectivity index (χ0) is 70.1. The second kappa shape index (κ2) is 41.0. The van der Waals surface area contributed by atoms with Crippen LogP contribution in [0.5, 0.6) is 0 Å². The molecule has 2 aliphatic rings. The Morgan fingerprint density at radius 1 is 0.537 bits per heavy atom. The Morgan fingerprint density at radius 3 is 1.51 bits per heavy atom. The molecule has 2 fully saturated rings. The number of thioether (sulfide) groups is 1. The van der Waals surface area contributed by atoms with Gasteiger partial charge in [-0.25, -0.2) is 0 Å². The lowest BCUT2D eigenvalue weighted by Crippen LogP contribution is -2.60. The molecule has 2 saturated heterocycles. The molecule has 524 valence electrons. The van der Waals surface area contributed by atoms with E-state index in [-0.39, 0.29) is 83.0 Å². The zero-order valence-electron chi connectivity index (χ0n) is 54.5. The molecule has 0 aromatic heterocycles. The van der Waals surface area contributed by atoms with E-state index in [4.69, 9.17) is 40.1 Å². The first-order valence-electron chi connectivity index (χ1n) is 32.2. The molecular weight excluding hydrogens is 1250 g/mol. The third kappa shape index (κ3) is 27.5. The number of carbonyl (C=O) groups excluding carboxylic acids is 13. The van der Waals surface area contributed by atoms with E-state index in [1.54, 1.807) is 60.7 Å². The van der Waals surface area contributed by atoms with E-state index in [9.17, 15) is 62.3 Å². The van der Waals surface area contributed by atoms with Crippen molar-refractivity contribution in [2.75, 3.05) is 44.7 Å². The van der Waals surface area contributed by atoms with Crippen molar-refractivity contribution in [1.82, 2.24) is 52.3 Å². The predicted molar refractivity (Wildman–Crippen MR) is 356 cm³/mol. The van der Waals surface area contributed by atoms with Crippen molar-refractivity contribution in [2.45, 2.75) is 183 Å². The Hall–Kier alpha value is -8.91. The largest absolute Gasteiger partial charge is 0.370 e. The van der Waals surface area contributed by atoms with Crippen molar-refractivity contribution in [3.05, 3.63) is 71.8 Å². The second-order valence-corrected chi connectivity index (χ2v) is 25.1. The van der Waals surface area contributed by atoms with E-state index in [2.05, 4.69) is 47.5 Å². The smallest absolute Gasteiger partial charge is 0.245 e. The maximum Gasteiger partial charge on any atom is 0.245 e. The van der Waals surface area contributed by atoms with Crippen molar-refractivity contribution in [3.8, 4) is 0 Å². The molecule has 2 aliphatic heterocycles. The van der Waals surface area contributed by atoms with Crippen molar-refractivity contribution < 1.29 is 62.3 Å². The molecule has 32 heteroatoms. The average Bonchev–Trinajstić information content (AvgIpc) is 1.74. The summed E-state index contributed by atoms with van der Waals surface area (Å²) in [5, 5.41) is 21.1. The number of guanidine groups is 1. The number of benzene rings is 2. The molecule has 2 aromatic carbocycles. The van der Waals surface area contributed by atoms with Gasteiger partial charge in [-0.3, -0.25) is 67.3 Å². The van der Waals surface area contributed by atoms with Gasteiger partial charge in [-0.2, -0.15) is 11.8 Å². The molecule has 0 bridgehead atoms. The van der Waals surface area contributed by atoms with Gasteiger partial charge in [0.2, 0.25) is 76.8 Å². The van der Waals surface area contributed by atoms with Gasteiger partial charge in [-0.1, -0.05) is 74.5 Å². The Balaban J connectivity index is 1.56. The molecular formula is C63H98N18O13S. The van der Waals surface area contributed by atoms with Crippen LogP contribution >= 0.6 is 11.8 Å². The first-order chi connectivity index (χ1) is 45.2. The quantitative estimate of drug-likeness (QED) is 0.0173. The van der Waals surface area contributed by atoms with Crippen LogP contribution in [-0.2, 0) is 75.2 Å². The van der Waals surface area contributed by atoms with Crippen molar-refractivity contribution in [3.63, 3.8) is 0 Å². The molecule has 13 amide bonds. The maximum atomic E-state index is 14.7. The Labute approximate surface area is 558 Å². The number of hydrogen-bond donors (Lipinski definition) is 15. The summed E-state index contributed by atoms with van der Waals surface area (Å²) in [6.07, 6.45) is 3.12. The van der Waals surface area contributed by atoms with Gasteiger partial charge in [0.25, 0.3) is 0 Å². The molecule has 10 atom stereocenters. The highest BCUT2D eigenvalue weighted by Gasteiger charge is 2.42. The highest BCUT2D eigenvalue weighted by Crippen LogP contribution is 2.24. The van der Waals surface area contributed by atoms with E-state index >= 15 is 0 Å². The summed E-state index contributed by atoms with van der Waals surface area (Å²) in [4.78, 5) is 185. The standard InChI is InChI=1S/C63H98N18O13S/c1-37(2)33-45(57(89)74-41(53(68)85)27-32-95-3)73-52(84)36-72-54(86)46(34-38-15-6-4-7-16-38)78-58(90)47(35-39-17-8-5-9-18-39)79-56(88)42(23-25-50(66)82)75-55(87)43(24-26-51(67)83)76-59(91)49-22-14-31-81(49)62(94)44(20-10-11-28-64)77-60(92)48-21-13-30-80(48)61(93)40(65)19-12-29-71-63(69)70/h4-9,15-18,37,40-49H,10-14,19-36,64-65H2,1-3H3,(H2,66,82)(H2,67,83)(H2,68,85)(H,72,86)(H,73,84)(H,74,89)(H,75,87)(H,76,91)(H,77,92)(H,78,90)(H,79,88)(H4,69,70,71)/t40-,41-,42-,43+,44-,45-,46-,47-,48+,49-/m0/s1. The van der Waals surface area contributed by atoms with Crippen molar-refractivity contribution in [2.24, 2.45) is 51.0 Å². The van der Waals surface area contributed by atoms with Crippen LogP contribution in [0.1, 0.15) is 121 Å². The van der Waals surface area contributed by atoms with Gasteiger partial charge in [-0.15, -0.1) is 0 Å². The Kier molecular flexibility index (Phi) is 33.9. The molecule has 95 heavy (non-hydrogen) atoms. The summed E-state index contributed by atoms with van der Waals surface area (Å²) in [5.41, 5.74) is 40.6. The number of nitrogens with zero attached hydrogens (tertiary/aromatic N) is 3. The highest BCUT2D eigenvalue weighted by atomic mass is 32.2. The van der Waals surface area contributed by atoms with Crippen LogP contribution in [0.4, 0.5) is 0 Å². The lowest BCUT2D eigenvalue weighted by molar-refractivity contribution is -0.144. The van der Waals surface area contributed by atoms with Gasteiger partial charge < -0.3 is 92.5 Å². The maximum absolute atomic E-state index is 14.7. The molecule has 31 nitrogen and oxygen atoms in total. The summed E-state index contributed by atoms with van der Waals surface area (Å²) < 4.78 is 0. The topological polar surface area (TPSA) is 519 Å². The second-order valence-electron chi connectivity index (χ2n) is 24.1. The Morgan fingerprint density at radius 2 is 1.01 bits per heavy atom. The van der Waals surface area contributed by atoms with Crippen LogP contribution in [0.3, 0.4) is 0 Å². The number of likely N-dealkylation sites (tertiary alicyclic amines) is 2. The number of amides is 13. The van der Waals surface area contributed by atoms with Gasteiger partial charge >= 0.3 is 0 Å². The third-order valence-corrected chi connectivity index (χ3v) is 16.7. The SMILES string of the molecule is CSCC[C@H](NC(=O)[C@H](CC(C)C)NC(=O)CNC(=O)[C@H](Cc1ccccc1)NC(=O)[C@H](Cc1ccccc1)NC(=O)[C@H](CCC(N)=O)NC(=O)[C@@H](CCC(N)=O)NC(=O)[C@@H]1CCCN1C(=O)[C@H](CCCCN)NC(=O)[C@H]1CCCN1C(=O)[C@@H](N)CCCN=C(N)N)C(N)=O. The summed E-state index contributed by atoms with van der Waals surface area (Å²) >= 11 is 1.45. The summed E-state index contributed by atoms with van der Waals surface area (Å²) in [5.74, 6) is -9.80. The van der Waals surface area contributed by atoms with Gasteiger partial charge in [-0.05, 0) is 119 Å². The van der Waals surface area contributed by atoms with E-state index in [0.717, 1.165) is 0 Å². The normalized spacial score (nSPS) is 16.8. The van der Waals surface area contributed by atoms with Crippen LogP contribution in [-0.4, -0.2) is 198 Å². The molecule has 0 saturated carbocycles. The summed E-state index contributed by atoms with van der Waals surface area (Å²) in [7, 11) is 0. The molecule has 2 aromatic rings. The number of primary amides is 3. The number of aliphatic imine (C=N–C) groups is 1. The molecule has 4 rings (SSSR count). The fourth-order valence-corrected chi connectivity index (χ4v) is 11.5. The number of carbonyl (C=O) groups is 13. The highest BCUT2D eigenvalue weighted by molar-refractivity contribution is 7.98. The molecule has 0 aliphatic carbocycles. The molecule has 22 N–H and O–H groups in total. The molecule has 0 radical (unpaired) electrons. The van der Waals surface area contributed by atoms with Crippen LogP contribution in [0.25, 0.3) is 0 Å². The van der Waals surface area contributed by atoms with Crippen molar-refractivity contribution in [1.29, 1.82) is 0 Å². The fourth-order valence-electron chi connectivity index (χ4n) is 11.0. The number of nitrogens with one attached hydrogen (secondary N) is 8. The van der Waals surface area contributed by atoms with Crippen LogP contribution in [0.15, 0.2) is 65.7 Å².